The zero-order chi connectivity index (χ0) is 21.4. The number of nitrogens with zero attached hydrogens (tertiary/aromatic N) is 2. The first-order valence-electron chi connectivity index (χ1n) is 9.00. The molecule has 0 saturated heterocycles. The third-order valence-electron chi connectivity index (χ3n) is 4.30. The highest BCUT2D eigenvalue weighted by molar-refractivity contribution is 7.97. The molecular weight excluding hydrogens is 411 g/mol. The summed E-state index contributed by atoms with van der Waals surface area (Å²) in [6.45, 7) is 1.01. The third kappa shape index (κ3) is 6.45. The molecule has 0 aromatic heterocycles. The van der Waals surface area contributed by atoms with Crippen molar-refractivity contribution in [1.82, 2.24) is 14.9 Å². The first-order chi connectivity index (χ1) is 13.8. The Kier molecular flexibility index (Phi) is 8.48. The largest absolute Gasteiger partial charge is 0.352 e. The number of aliphatic imine (C=N–C) groups is 1. The van der Waals surface area contributed by atoms with Gasteiger partial charge in [-0.05, 0) is 47.2 Å². The highest BCUT2D eigenvalue weighted by Crippen LogP contribution is 2.17. The summed E-state index contributed by atoms with van der Waals surface area (Å²) in [7, 11) is 1.26. The van der Waals surface area contributed by atoms with Crippen LogP contribution < -0.4 is 10.6 Å². The van der Waals surface area contributed by atoms with E-state index in [1.165, 1.54) is 24.5 Å². The molecule has 2 rings (SSSR count). The van der Waals surface area contributed by atoms with E-state index in [1.54, 1.807) is 55.2 Å². The van der Waals surface area contributed by atoms with E-state index < -0.39 is 10.0 Å². The van der Waals surface area contributed by atoms with Crippen LogP contribution in [0.3, 0.4) is 0 Å². The number of nitrogens with one attached hydrogen (secondary N) is 2. The van der Waals surface area contributed by atoms with Gasteiger partial charge in [-0.3, -0.25) is 4.99 Å². The predicted molar refractivity (Wildman–Crippen MR) is 118 cm³/mol. The van der Waals surface area contributed by atoms with E-state index >= 15 is 0 Å². The lowest BCUT2D eigenvalue weighted by atomic mass is 10.1. The third-order valence-corrected chi connectivity index (χ3v) is 6.73. The minimum Gasteiger partial charge on any atom is -0.352 e. The van der Waals surface area contributed by atoms with E-state index in [4.69, 9.17) is 0 Å². The highest BCUT2D eigenvalue weighted by atomic mass is 32.2. The molecule has 0 unspecified atom stereocenters. The van der Waals surface area contributed by atoms with E-state index in [-0.39, 0.29) is 10.7 Å². The monoisotopic (exact) mass is 438 g/mol. The molecule has 6 nitrogen and oxygen atoms in total. The molecule has 0 spiro atoms. The smallest absolute Gasteiger partial charge is 0.242 e. The summed E-state index contributed by atoms with van der Waals surface area (Å²) in [5.74, 6) is 1.11. The summed E-state index contributed by atoms with van der Waals surface area (Å²) in [6.07, 6.45) is 1.98. The molecule has 2 N–H and O–H groups in total. The van der Waals surface area contributed by atoms with Crippen LogP contribution >= 0.6 is 11.8 Å². The van der Waals surface area contributed by atoms with Crippen molar-refractivity contribution in [3.63, 3.8) is 0 Å². The minimum atomic E-state index is -3.43. The number of sulfonamides is 1. The molecule has 2 aromatic rings. The summed E-state index contributed by atoms with van der Waals surface area (Å²) in [6, 6.07) is 11.5. The van der Waals surface area contributed by atoms with Crippen LogP contribution in [0.2, 0.25) is 0 Å². The van der Waals surface area contributed by atoms with Crippen molar-refractivity contribution in [3.8, 4) is 0 Å². The molecule has 0 heterocycles. The summed E-state index contributed by atoms with van der Waals surface area (Å²) in [5.41, 5.74) is 2.90. The standard InChI is InChI=1S/C20H27FN4O2S2/c1-22-20(24-13-16-7-8-18(21)11-17(16)14-28-4)23-12-15-5-9-19(10-6-15)29(26,27)25(2)3/h5-11H,12-14H2,1-4H3,(H2,22,23,24). The van der Waals surface area contributed by atoms with Crippen LogP contribution in [0.15, 0.2) is 52.4 Å². The van der Waals surface area contributed by atoms with Crippen molar-refractivity contribution in [3.05, 3.63) is 65.0 Å². The van der Waals surface area contributed by atoms with E-state index in [2.05, 4.69) is 15.6 Å². The fourth-order valence-electron chi connectivity index (χ4n) is 2.63. The van der Waals surface area contributed by atoms with Gasteiger partial charge >= 0.3 is 0 Å². The second kappa shape index (κ2) is 10.6. The number of benzene rings is 2. The van der Waals surface area contributed by atoms with Crippen molar-refractivity contribution in [2.75, 3.05) is 27.4 Å². The van der Waals surface area contributed by atoms with Crippen LogP contribution in [-0.4, -0.2) is 46.1 Å². The molecule has 0 radical (unpaired) electrons. The maximum absolute atomic E-state index is 13.5. The number of hydrogen-bond donors (Lipinski definition) is 2. The number of guanidine groups is 1. The molecular formula is C20H27FN4O2S2. The van der Waals surface area contributed by atoms with Gasteiger partial charge in [0.2, 0.25) is 10.0 Å². The Balaban J connectivity index is 1.96. The summed E-state index contributed by atoms with van der Waals surface area (Å²) in [4.78, 5) is 4.46. The molecule has 29 heavy (non-hydrogen) atoms. The van der Waals surface area contributed by atoms with E-state index in [0.717, 1.165) is 22.4 Å². The lowest BCUT2D eigenvalue weighted by Crippen LogP contribution is -2.36. The van der Waals surface area contributed by atoms with E-state index in [1.807, 2.05) is 6.26 Å². The average molecular weight is 439 g/mol. The van der Waals surface area contributed by atoms with Crippen LogP contribution in [0.25, 0.3) is 0 Å². The predicted octanol–water partition coefficient (Wildman–Crippen LogP) is 2.80. The van der Waals surface area contributed by atoms with Gasteiger partial charge in [0.25, 0.3) is 0 Å². The molecule has 0 aliphatic carbocycles. The lowest BCUT2D eigenvalue weighted by molar-refractivity contribution is 0.520. The average Bonchev–Trinajstić information content (AvgIpc) is 2.70. The van der Waals surface area contributed by atoms with Crippen molar-refractivity contribution < 1.29 is 12.8 Å². The molecule has 0 amide bonds. The first-order valence-corrected chi connectivity index (χ1v) is 11.8. The summed E-state index contributed by atoms with van der Waals surface area (Å²) >= 11 is 1.64. The highest BCUT2D eigenvalue weighted by Gasteiger charge is 2.16. The lowest BCUT2D eigenvalue weighted by Gasteiger charge is -2.15. The maximum atomic E-state index is 13.5. The Labute approximate surface area is 176 Å². The first kappa shape index (κ1) is 23.2. The number of halogens is 1. The van der Waals surface area contributed by atoms with Gasteiger partial charge in [-0.2, -0.15) is 11.8 Å². The zero-order valence-electron chi connectivity index (χ0n) is 17.1. The number of thioether (sulfide) groups is 1. The van der Waals surface area contributed by atoms with E-state index in [9.17, 15) is 12.8 Å². The van der Waals surface area contributed by atoms with Crippen LogP contribution in [-0.2, 0) is 28.9 Å². The quantitative estimate of drug-likeness (QED) is 0.490. The number of rotatable bonds is 8. The Morgan fingerprint density at radius 3 is 2.31 bits per heavy atom. The van der Waals surface area contributed by atoms with Crippen LogP contribution in [0.1, 0.15) is 16.7 Å². The van der Waals surface area contributed by atoms with Gasteiger partial charge in [0.05, 0.1) is 4.90 Å². The second-order valence-electron chi connectivity index (χ2n) is 6.56. The van der Waals surface area contributed by atoms with E-state index in [0.29, 0.717) is 19.0 Å². The molecule has 0 saturated carbocycles. The van der Waals surface area contributed by atoms with Gasteiger partial charge < -0.3 is 10.6 Å². The fraction of sp³-hybridized carbons (Fsp3) is 0.350. The molecule has 0 aliphatic heterocycles. The Morgan fingerprint density at radius 1 is 1.07 bits per heavy atom. The zero-order valence-corrected chi connectivity index (χ0v) is 18.7. The van der Waals surface area contributed by atoms with Gasteiger partial charge in [-0.25, -0.2) is 17.1 Å². The fourth-order valence-corrected chi connectivity index (χ4v) is 4.11. The number of hydrogen-bond acceptors (Lipinski definition) is 4. The maximum Gasteiger partial charge on any atom is 0.242 e. The van der Waals surface area contributed by atoms with Crippen molar-refractivity contribution in [2.24, 2.45) is 4.99 Å². The SMILES string of the molecule is CN=C(NCc1ccc(S(=O)(=O)N(C)C)cc1)NCc1ccc(F)cc1CSC. The molecule has 0 atom stereocenters. The second-order valence-corrected chi connectivity index (χ2v) is 9.57. The minimum absolute atomic E-state index is 0.236. The van der Waals surface area contributed by atoms with Crippen molar-refractivity contribution in [2.45, 2.75) is 23.7 Å². The summed E-state index contributed by atoms with van der Waals surface area (Å²) in [5, 5.41) is 6.43. The Hall–Kier alpha value is -2.10. The van der Waals surface area contributed by atoms with Crippen molar-refractivity contribution >= 4 is 27.7 Å². The topological polar surface area (TPSA) is 73.8 Å². The van der Waals surface area contributed by atoms with Gasteiger partial charge in [0.1, 0.15) is 5.82 Å². The Bertz CT molecular complexity index is 945. The molecule has 158 valence electrons. The molecule has 0 fully saturated rings. The van der Waals surface area contributed by atoms with Gasteiger partial charge in [-0.15, -0.1) is 0 Å². The van der Waals surface area contributed by atoms with Gasteiger partial charge in [0.15, 0.2) is 5.96 Å². The normalized spacial score (nSPS) is 12.3. The molecule has 0 bridgehead atoms. The van der Waals surface area contributed by atoms with Crippen LogP contribution in [0.4, 0.5) is 4.39 Å². The van der Waals surface area contributed by atoms with Crippen LogP contribution in [0.5, 0.6) is 0 Å². The summed E-state index contributed by atoms with van der Waals surface area (Å²) < 4.78 is 38.9. The van der Waals surface area contributed by atoms with Gasteiger partial charge in [0, 0.05) is 40.0 Å². The van der Waals surface area contributed by atoms with Crippen LogP contribution in [0, 0.1) is 5.82 Å². The molecule has 9 heteroatoms. The molecule has 0 aliphatic rings. The molecule has 2 aromatic carbocycles. The Morgan fingerprint density at radius 2 is 1.72 bits per heavy atom. The van der Waals surface area contributed by atoms with Crippen molar-refractivity contribution in [1.29, 1.82) is 0 Å². The van der Waals surface area contributed by atoms with Gasteiger partial charge in [-0.1, -0.05) is 18.2 Å².